The number of anilines is 1. The molecule has 11 heteroatoms. The number of rotatable bonds is 12. The zero-order valence-corrected chi connectivity index (χ0v) is 26.7. The fourth-order valence-electron chi connectivity index (χ4n) is 5.12. The first-order chi connectivity index (χ1) is 20.6. The zero-order chi connectivity index (χ0) is 31.0. The summed E-state index contributed by atoms with van der Waals surface area (Å²) in [5.74, 6) is -0.912. The van der Waals surface area contributed by atoms with E-state index in [-0.39, 0.29) is 29.1 Å². The molecule has 0 heterocycles. The van der Waals surface area contributed by atoms with Crippen molar-refractivity contribution in [3.8, 4) is 5.75 Å². The number of halogens is 2. The molecule has 0 radical (unpaired) electrons. The average Bonchev–Trinajstić information content (AvgIpc) is 2.99. The molecule has 1 fully saturated rings. The lowest BCUT2D eigenvalue weighted by Gasteiger charge is -2.33. The number of carbonyl (C=O) groups excluding carboxylic acids is 2. The van der Waals surface area contributed by atoms with Crippen LogP contribution in [-0.4, -0.2) is 50.4 Å². The summed E-state index contributed by atoms with van der Waals surface area (Å²) in [4.78, 5) is 28.8. The number of sulfonamides is 1. The summed E-state index contributed by atoms with van der Waals surface area (Å²) in [6.07, 6.45) is 4.98. The number of hydrogen-bond donors (Lipinski definition) is 1. The fourth-order valence-corrected chi connectivity index (χ4v) is 6.98. The maximum atomic E-state index is 14.1. The molecule has 1 saturated carbocycles. The van der Waals surface area contributed by atoms with Crippen molar-refractivity contribution >= 4 is 43.5 Å². The van der Waals surface area contributed by atoms with Gasteiger partial charge in [0.25, 0.3) is 10.0 Å². The van der Waals surface area contributed by atoms with Gasteiger partial charge in [-0.3, -0.25) is 13.9 Å². The van der Waals surface area contributed by atoms with E-state index in [1.165, 1.54) is 41.3 Å². The van der Waals surface area contributed by atoms with Crippen LogP contribution in [0.2, 0.25) is 0 Å². The highest BCUT2D eigenvalue weighted by Crippen LogP contribution is 2.27. The van der Waals surface area contributed by atoms with E-state index in [0.29, 0.717) is 12.4 Å². The van der Waals surface area contributed by atoms with Crippen molar-refractivity contribution < 1.29 is 27.1 Å². The molecule has 0 bridgehead atoms. The summed E-state index contributed by atoms with van der Waals surface area (Å²) >= 11 is 3.45. The molecule has 1 atom stereocenters. The Hall–Kier alpha value is -3.44. The van der Waals surface area contributed by atoms with Crippen molar-refractivity contribution in [3.63, 3.8) is 0 Å². The maximum absolute atomic E-state index is 14.1. The van der Waals surface area contributed by atoms with Crippen molar-refractivity contribution in [2.75, 3.05) is 17.5 Å². The molecule has 0 spiro atoms. The van der Waals surface area contributed by atoms with Crippen molar-refractivity contribution in [2.24, 2.45) is 0 Å². The zero-order valence-electron chi connectivity index (χ0n) is 24.3. The molecule has 3 aromatic carbocycles. The highest BCUT2D eigenvalue weighted by atomic mass is 79.9. The van der Waals surface area contributed by atoms with Crippen LogP contribution in [0, 0.1) is 5.82 Å². The third kappa shape index (κ3) is 8.57. The van der Waals surface area contributed by atoms with Gasteiger partial charge in [-0.25, -0.2) is 12.8 Å². The van der Waals surface area contributed by atoms with Crippen LogP contribution in [0.15, 0.2) is 82.2 Å². The summed E-state index contributed by atoms with van der Waals surface area (Å²) in [6, 6.07) is 17.3. The lowest BCUT2D eigenvalue weighted by Crippen LogP contribution is -2.53. The van der Waals surface area contributed by atoms with Gasteiger partial charge in [-0.15, -0.1) is 0 Å². The molecule has 4 rings (SSSR count). The monoisotopic (exact) mass is 673 g/mol. The van der Waals surface area contributed by atoms with Crippen LogP contribution in [0.5, 0.6) is 5.75 Å². The maximum Gasteiger partial charge on any atom is 0.264 e. The summed E-state index contributed by atoms with van der Waals surface area (Å²) in [7, 11) is -4.28. The van der Waals surface area contributed by atoms with Crippen molar-refractivity contribution in [1.82, 2.24) is 10.2 Å². The SMILES string of the molecule is CCOc1ccc(S(=O)(=O)N(CC(=O)N(Cc2cccc(Br)c2)[C@@H](C)C(=O)NC2CCCCC2)c2ccc(F)cc2)cc1. The molecule has 0 aliphatic heterocycles. The summed E-state index contributed by atoms with van der Waals surface area (Å²) in [6.45, 7) is 3.37. The van der Waals surface area contributed by atoms with Gasteiger partial charge < -0.3 is 15.0 Å². The second kappa shape index (κ2) is 14.8. The van der Waals surface area contributed by atoms with E-state index in [1.54, 1.807) is 6.92 Å². The fraction of sp³-hybridized carbons (Fsp3) is 0.375. The third-order valence-corrected chi connectivity index (χ3v) is 9.76. The Morgan fingerprint density at radius 2 is 1.70 bits per heavy atom. The molecule has 2 amide bonds. The van der Waals surface area contributed by atoms with Gasteiger partial charge in [0.2, 0.25) is 11.8 Å². The van der Waals surface area contributed by atoms with Crippen LogP contribution in [-0.2, 0) is 26.2 Å². The molecule has 8 nitrogen and oxygen atoms in total. The van der Waals surface area contributed by atoms with E-state index >= 15 is 0 Å². The Morgan fingerprint density at radius 1 is 1.02 bits per heavy atom. The minimum atomic E-state index is -4.28. The number of nitrogens with zero attached hydrogens (tertiary/aromatic N) is 2. The smallest absolute Gasteiger partial charge is 0.264 e. The second-order valence-electron chi connectivity index (χ2n) is 10.6. The number of hydrogen-bond acceptors (Lipinski definition) is 5. The summed E-state index contributed by atoms with van der Waals surface area (Å²) in [5.41, 5.74) is 0.882. The van der Waals surface area contributed by atoms with Crippen LogP contribution in [0.4, 0.5) is 10.1 Å². The Labute approximate surface area is 261 Å². The van der Waals surface area contributed by atoms with E-state index < -0.39 is 34.3 Å². The van der Waals surface area contributed by atoms with Gasteiger partial charge in [0.1, 0.15) is 24.2 Å². The highest BCUT2D eigenvalue weighted by molar-refractivity contribution is 9.10. The molecule has 230 valence electrons. The topological polar surface area (TPSA) is 96.0 Å². The van der Waals surface area contributed by atoms with Crippen LogP contribution in [0.25, 0.3) is 0 Å². The molecule has 3 aromatic rings. The summed E-state index contributed by atoms with van der Waals surface area (Å²) < 4.78 is 48.9. The highest BCUT2D eigenvalue weighted by Gasteiger charge is 2.33. The first-order valence-electron chi connectivity index (χ1n) is 14.4. The number of nitrogens with one attached hydrogen (secondary N) is 1. The van der Waals surface area contributed by atoms with E-state index in [4.69, 9.17) is 4.74 Å². The van der Waals surface area contributed by atoms with Crippen LogP contribution in [0.3, 0.4) is 0 Å². The standard InChI is InChI=1S/C32H37BrFN3O5S/c1-3-42-29-16-18-30(19-17-29)43(40,41)37(28-14-12-26(34)13-15-28)22-31(38)36(21-24-8-7-9-25(33)20-24)23(2)32(39)35-27-10-5-4-6-11-27/h7-9,12-20,23,27H,3-6,10-11,21-22H2,1-2H3,(H,35,39)/t23-/m0/s1. The predicted molar refractivity (Wildman–Crippen MR) is 168 cm³/mol. The van der Waals surface area contributed by atoms with Crippen LogP contribution < -0.4 is 14.4 Å². The van der Waals surface area contributed by atoms with Crippen LogP contribution in [0.1, 0.15) is 51.5 Å². The van der Waals surface area contributed by atoms with E-state index in [1.807, 2.05) is 31.2 Å². The molecule has 1 aliphatic rings. The van der Waals surface area contributed by atoms with E-state index in [2.05, 4.69) is 21.2 Å². The van der Waals surface area contributed by atoms with Gasteiger partial charge in [-0.05, 0) is 92.9 Å². The lowest BCUT2D eigenvalue weighted by atomic mass is 9.95. The lowest BCUT2D eigenvalue weighted by molar-refractivity contribution is -0.139. The Balaban J connectivity index is 1.67. The van der Waals surface area contributed by atoms with Gasteiger partial charge in [0.05, 0.1) is 17.2 Å². The van der Waals surface area contributed by atoms with Crippen molar-refractivity contribution in [3.05, 3.63) is 88.6 Å². The molecular weight excluding hydrogens is 637 g/mol. The molecule has 43 heavy (non-hydrogen) atoms. The Kier molecular flexibility index (Phi) is 11.2. The van der Waals surface area contributed by atoms with Gasteiger partial charge in [0.15, 0.2) is 0 Å². The van der Waals surface area contributed by atoms with Gasteiger partial charge >= 0.3 is 0 Å². The minimum absolute atomic E-state index is 0.0438. The molecular formula is C32H37BrFN3O5S. The first-order valence-corrected chi connectivity index (χ1v) is 16.7. The Morgan fingerprint density at radius 3 is 2.33 bits per heavy atom. The molecule has 0 aromatic heterocycles. The second-order valence-corrected chi connectivity index (χ2v) is 13.3. The van der Waals surface area contributed by atoms with E-state index in [0.717, 1.165) is 58.6 Å². The number of ether oxygens (including phenoxy) is 1. The Bertz CT molecular complexity index is 1500. The van der Waals surface area contributed by atoms with Gasteiger partial charge in [-0.2, -0.15) is 0 Å². The molecule has 0 unspecified atom stereocenters. The van der Waals surface area contributed by atoms with Gasteiger partial charge in [-0.1, -0.05) is 47.3 Å². The third-order valence-electron chi connectivity index (χ3n) is 7.48. The molecule has 1 N–H and O–H groups in total. The predicted octanol–water partition coefficient (Wildman–Crippen LogP) is 6.05. The summed E-state index contributed by atoms with van der Waals surface area (Å²) in [5, 5.41) is 3.09. The largest absolute Gasteiger partial charge is 0.494 e. The minimum Gasteiger partial charge on any atom is -0.494 e. The quantitative estimate of drug-likeness (QED) is 0.253. The number of amides is 2. The average molecular weight is 675 g/mol. The number of benzene rings is 3. The first kappa shape index (κ1) is 32.5. The van der Waals surface area contributed by atoms with Gasteiger partial charge in [0, 0.05) is 17.1 Å². The number of carbonyl (C=O) groups is 2. The van der Waals surface area contributed by atoms with Crippen LogP contribution >= 0.6 is 15.9 Å². The van der Waals surface area contributed by atoms with Crippen molar-refractivity contribution in [2.45, 2.75) is 69.5 Å². The van der Waals surface area contributed by atoms with E-state index in [9.17, 15) is 22.4 Å². The normalized spacial score (nSPS) is 14.5. The van der Waals surface area contributed by atoms with Crippen molar-refractivity contribution in [1.29, 1.82) is 0 Å². The molecule has 1 aliphatic carbocycles. The molecule has 0 saturated heterocycles.